The molecule has 7 nitrogen and oxygen atoms in total. The van der Waals surface area contributed by atoms with Gasteiger partial charge in [0, 0.05) is 13.0 Å². The third-order valence-corrected chi connectivity index (χ3v) is 5.17. The Bertz CT molecular complexity index is 971. The highest BCUT2D eigenvalue weighted by molar-refractivity contribution is 7.22. The lowest BCUT2D eigenvalue weighted by atomic mass is 10.2. The molecule has 3 aromatic rings. The molecule has 0 bridgehead atoms. The van der Waals surface area contributed by atoms with E-state index in [4.69, 9.17) is 9.47 Å². The number of thiazole rings is 1. The number of nitrogens with one attached hydrogen (secondary N) is 2. The van der Waals surface area contributed by atoms with Crippen molar-refractivity contribution in [3.05, 3.63) is 48.5 Å². The monoisotopic (exact) mass is 397 g/mol. The second kappa shape index (κ2) is 8.26. The van der Waals surface area contributed by atoms with Crippen LogP contribution >= 0.6 is 11.3 Å². The van der Waals surface area contributed by atoms with E-state index in [1.807, 2.05) is 36.4 Å². The summed E-state index contributed by atoms with van der Waals surface area (Å²) < 4.78 is 12.2. The zero-order valence-corrected chi connectivity index (χ0v) is 15.8. The van der Waals surface area contributed by atoms with Gasteiger partial charge in [-0.15, -0.1) is 0 Å². The minimum absolute atomic E-state index is 0.125. The lowest BCUT2D eigenvalue weighted by Gasteiger charge is -2.25. The minimum Gasteiger partial charge on any atom is -0.485 e. The molecule has 2 aromatic carbocycles. The quantitative estimate of drug-likeness (QED) is 0.624. The number of aromatic nitrogens is 1. The number of amides is 2. The topological polar surface area (TPSA) is 89.6 Å². The van der Waals surface area contributed by atoms with Crippen LogP contribution in [0, 0.1) is 0 Å². The first kappa shape index (κ1) is 18.2. The average molecular weight is 397 g/mol. The minimum atomic E-state index is -0.688. The molecule has 28 heavy (non-hydrogen) atoms. The summed E-state index contributed by atoms with van der Waals surface area (Å²) in [7, 11) is 0. The van der Waals surface area contributed by atoms with Gasteiger partial charge in [-0.2, -0.15) is 0 Å². The van der Waals surface area contributed by atoms with Crippen LogP contribution in [0.4, 0.5) is 5.13 Å². The van der Waals surface area contributed by atoms with E-state index in [2.05, 4.69) is 15.6 Å². The Labute approximate surface area is 165 Å². The molecular formula is C20H19N3O4S. The molecule has 0 saturated carbocycles. The van der Waals surface area contributed by atoms with Gasteiger partial charge in [-0.05, 0) is 30.7 Å². The molecule has 1 aliphatic rings. The van der Waals surface area contributed by atoms with Gasteiger partial charge in [-0.3, -0.25) is 9.59 Å². The molecule has 2 N–H and O–H groups in total. The van der Waals surface area contributed by atoms with Crippen molar-refractivity contribution in [2.24, 2.45) is 0 Å². The fraction of sp³-hybridized carbons (Fsp3) is 0.250. The van der Waals surface area contributed by atoms with Gasteiger partial charge in [0.25, 0.3) is 5.91 Å². The number of hydrogen-bond donors (Lipinski definition) is 2. The normalized spacial score (nSPS) is 15.2. The number of benzene rings is 2. The summed E-state index contributed by atoms with van der Waals surface area (Å²) in [5.41, 5.74) is 0.867. The van der Waals surface area contributed by atoms with E-state index in [9.17, 15) is 9.59 Å². The molecule has 1 atom stereocenters. The third kappa shape index (κ3) is 4.23. The first-order chi connectivity index (χ1) is 13.7. The molecule has 4 rings (SSSR count). The van der Waals surface area contributed by atoms with Crippen LogP contribution in [-0.2, 0) is 9.59 Å². The number of carbonyl (C=O) groups excluding carboxylic acids is 2. The second-order valence-corrected chi connectivity index (χ2v) is 7.32. The summed E-state index contributed by atoms with van der Waals surface area (Å²) in [5, 5.41) is 6.18. The predicted octanol–water partition coefficient (Wildman–Crippen LogP) is 2.97. The Kier molecular flexibility index (Phi) is 5.38. The summed E-state index contributed by atoms with van der Waals surface area (Å²) in [6.07, 6.45) is 0.125. The summed E-state index contributed by atoms with van der Waals surface area (Å²) in [4.78, 5) is 28.7. The molecular weight excluding hydrogens is 378 g/mol. The Hall–Kier alpha value is -3.13. The Morgan fingerprint density at radius 1 is 1.11 bits per heavy atom. The van der Waals surface area contributed by atoms with Gasteiger partial charge in [0.05, 0.1) is 10.2 Å². The summed E-state index contributed by atoms with van der Waals surface area (Å²) in [6, 6.07) is 15.0. The zero-order chi connectivity index (χ0) is 19.3. The van der Waals surface area contributed by atoms with Gasteiger partial charge in [0.2, 0.25) is 12.0 Å². The first-order valence-electron chi connectivity index (χ1n) is 9.01. The maximum absolute atomic E-state index is 12.2. The van der Waals surface area contributed by atoms with Crippen molar-refractivity contribution < 1.29 is 19.1 Å². The largest absolute Gasteiger partial charge is 0.485 e. The van der Waals surface area contributed by atoms with E-state index in [0.29, 0.717) is 36.0 Å². The van der Waals surface area contributed by atoms with Crippen LogP contribution in [0.5, 0.6) is 11.5 Å². The summed E-state index contributed by atoms with van der Waals surface area (Å²) >= 11 is 1.44. The molecule has 2 heterocycles. The fourth-order valence-electron chi connectivity index (χ4n) is 2.83. The Morgan fingerprint density at radius 2 is 1.89 bits per heavy atom. The van der Waals surface area contributed by atoms with Gasteiger partial charge in [-0.25, -0.2) is 4.98 Å². The second-order valence-electron chi connectivity index (χ2n) is 6.29. The molecule has 0 radical (unpaired) electrons. The number of ether oxygens (including phenoxy) is 2. The predicted molar refractivity (Wildman–Crippen MR) is 107 cm³/mol. The maximum Gasteiger partial charge on any atom is 0.264 e. The molecule has 1 aromatic heterocycles. The van der Waals surface area contributed by atoms with Crippen LogP contribution in [-0.4, -0.2) is 36.1 Å². The van der Waals surface area contributed by atoms with Gasteiger partial charge < -0.3 is 20.1 Å². The average Bonchev–Trinajstić information content (AvgIpc) is 3.12. The van der Waals surface area contributed by atoms with Crippen molar-refractivity contribution in [2.45, 2.75) is 18.9 Å². The highest BCUT2D eigenvalue weighted by atomic mass is 32.1. The molecule has 0 fully saturated rings. The number of rotatable bonds is 6. The van der Waals surface area contributed by atoms with E-state index in [1.54, 1.807) is 12.1 Å². The van der Waals surface area contributed by atoms with Crippen molar-refractivity contribution in [1.29, 1.82) is 0 Å². The highest BCUT2D eigenvalue weighted by Gasteiger charge is 2.26. The molecule has 2 amide bonds. The van der Waals surface area contributed by atoms with E-state index in [0.717, 1.165) is 10.2 Å². The van der Waals surface area contributed by atoms with Crippen molar-refractivity contribution in [3.63, 3.8) is 0 Å². The van der Waals surface area contributed by atoms with Crippen LogP contribution in [0.1, 0.15) is 12.8 Å². The molecule has 144 valence electrons. The number of para-hydroxylation sites is 3. The van der Waals surface area contributed by atoms with Crippen molar-refractivity contribution in [1.82, 2.24) is 10.3 Å². The van der Waals surface area contributed by atoms with Gasteiger partial charge >= 0.3 is 0 Å². The third-order valence-electron chi connectivity index (χ3n) is 4.22. The van der Waals surface area contributed by atoms with Crippen molar-refractivity contribution in [3.8, 4) is 11.5 Å². The Balaban J connectivity index is 1.19. The number of carbonyl (C=O) groups is 2. The highest BCUT2D eigenvalue weighted by Crippen LogP contribution is 2.30. The summed E-state index contributed by atoms with van der Waals surface area (Å²) in [6.45, 7) is 0.550. The van der Waals surface area contributed by atoms with Crippen molar-refractivity contribution in [2.75, 3.05) is 18.5 Å². The molecule has 0 saturated heterocycles. The van der Waals surface area contributed by atoms with Crippen LogP contribution in [0.3, 0.4) is 0 Å². The first-order valence-corrected chi connectivity index (χ1v) is 9.82. The van der Waals surface area contributed by atoms with Crippen LogP contribution in [0.2, 0.25) is 0 Å². The molecule has 0 unspecified atom stereocenters. The standard InChI is InChI=1S/C20H19N3O4S/c24-18(23-20-22-13-6-1-4-9-17(13)28-20)10-5-11-21-19(25)16-12-26-14-7-2-3-8-15(14)27-16/h1-4,6-9,16H,5,10-12H2,(H,21,25)(H,22,23,24)/t16-/m1/s1. The molecule has 0 spiro atoms. The SMILES string of the molecule is O=C(CCCNC(=O)[C@H]1COc2ccccc2O1)Nc1nc2ccccc2s1. The Morgan fingerprint density at radius 3 is 2.75 bits per heavy atom. The lowest BCUT2D eigenvalue weighted by molar-refractivity contribution is -0.130. The van der Waals surface area contributed by atoms with Gasteiger partial charge in [0.1, 0.15) is 6.61 Å². The van der Waals surface area contributed by atoms with Crippen LogP contribution in [0.25, 0.3) is 10.2 Å². The van der Waals surface area contributed by atoms with Gasteiger partial charge in [-0.1, -0.05) is 35.6 Å². The smallest absolute Gasteiger partial charge is 0.264 e. The number of anilines is 1. The molecule has 8 heteroatoms. The zero-order valence-electron chi connectivity index (χ0n) is 15.0. The van der Waals surface area contributed by atoms with E-state index < -0.39 is 6.10 Å². The van der Waals surface area contributed by atoms with Crippen LogP contribution in [0.15, 0.2) is 48.5 Å². The lowest BCUT2D eigenvalue weighted by Crippen LogP contribution is -2.44. The maximum atomic E-state index is 12.2. The molecule has 1 aliphatic heterocycles. The van der Waals surface area contributed by atoms with E-state index >= 15 is 0 Å². The number of hydrogen-bond acceptors (Lipinski definition) is 6. The fourth-order valence-corrected chi connectivity index (χ4v) is 3.71. The van der Waals surface area contributed by atoms with Crippen molar-refractivity contribution >= 4 is 38.5 Å². The van der Waals surface area contributed by atoms with Crippen LogP contribution < -0.4 is 20.1 Å². The number of fused-ring (bicyclic) bond motifs is 2. The summed E-state index contributed by atoms with van der Waals surface area (Å²) in [5.74, 6) is 0.822. The van der Waals surface area contributed by atoms with Gasteiger partial charge in [0.15, 0.2) is 16.6 Å². The van der Waals surface area contributed by atoms with E-state index in [-0.39, 0.29) is 18.4 Å². The number of nitrogens with zero attached hydrogens (tertiary/aromatic N) is 1. The molecule has 0 aliphatic carbocycles. The van der Waals surface area contributed by atoms with E-state index in [1.165, 1.54) is 11.3 Å².